The normalized spacial score (nSPS) is 14.9. The number of aliphatic carboxylic acids is 1. The fraction of sp³-hybridized carbons (Fsp3) is 0.450. The van der Waals surface area contributed by atoms with E-state index >= 15 is 0 Å². The summed E-state index contributed by atoms with van der Waals surface area (Å²) in [5, 5.41) is 12.4. The lowest BCUT2D eigenvalue weighted by molar-refractivity contribution is -0.142. The number of nitrogens with one attached hydrogen (secondary N) is 1. The summed E-state index contributed by atoms with van der Waals surface area (Å²) in [4.78, 5) is 21.8. The van der Waals surface area contributed by atoms with Gasteiger partial charge in [0.1, 0.15) is 12.0 Å². The maximum atomic E-state index is 11.1. The van der Waals surface area contributed by atoms with Gasteiger partial charge in [0.25, 0.3) is 0 Å². The molecule has 27 heavy (non-hydrogen) atoms. The molecule has 0 spiro atoms. The Balaban J connectivity index is 1.69. The molecule has 0 bridgehead atoms. The van der Waals surface area contributed by atoms with Crippen LogP contribution < -0.4 is 16.0 Å². The zero-order valence-electron chi connectivity index (χ0n) is 15.7. The first kappa shape index (κ1) is 18.9. The number of nitrogen functional groups attached to an aromatic ring is 1. The molecule has 0 atom stereocenters. The summed E-state index contributed by atoms with van der Waals surface area (Å²) in [6.45, 7) is 3.45. The lowest BCUT2D eigenvalue weighted by atomic mass is 9.97. The van der Waals surface area contributed by atoms with Gasteiger partial charge in [-0.15, -0.1) is 0 Å². The summed E-state index contributed by atoms with van der Waals surface area (Å²) in [6.07, 6.45) is 6.15. The molecule has 1 aromatic carbocycles. The van der Waals surface area contributed by atoms with Crippen LogP contribution in [0.25, 0.3) is 0 Å². The van der Waals surface area contributed by atoms with Crippen LogP contribution in [0.15, 0.2) is 30.6 Å². The molecule has 3 rings (SSSR count). The zero-order chi connectivity index (χ0) is 19.2. The Hall–Kier alpha value is -2.83. The predicted molar refractivity (Wildman–Crippen MR) is 107 cm³/mol. The Morgan fingerprint density at radius 2 is 1.96 bits per heavy atom. The molecule has 0 amide bonds. The molecule has 1 fully saturated rings. The quantitative estimate of drug-likeness (QED) is 0.686. The fourth-order valence-corrected chi connectivity index (χ4v) is 3.35. The minimum absolute atomic E-state index is 0.284. The summed E-state index contributed by atoms with van der Waals surface area (Å²) in [5.41, 5.74) is 9.04. The van der Waals surface area contributed by atoms with Gasteiger partial charge in [-0.3, -0.25) is 4.79 Å². The minimum atomic E-state index is -0.727. The van der Waals surface area contributed by atoms with Gasteiger partial charge in [-0.1, -0.05) is 25.5 Å². The van der Waals surface area contributed by atoms with Crippen molar-refractivity contribution in [3.8, 4) is 0 Å². The molecule has 1 aromatic heterocycles. The standard InChI is InChI=1S/C20H27N5O2/c1-2-3-4-14-5-7-16(8-6-14)24-18-17(21)19(23-13-22-18)25-11-9-15(10-12-25)20(26)27/h5-8,13,15H,2-4,9-12,21H2,1H3,(H,26,27)(H,22,23,24). The van der Waals surface area contributed by atoms with Gasteiger partial charge in [0, 0.05) is 18.8 Å². The van der Waals surface area contributed by atoms with E-state index in [0.29, 0.717) is 43.3 Å². The first-order valence-electron chi connectivity index (χ1n) is 9.52. The van der Waals surface area contributed by atoms with Crippen LogP contribution in [0.3, 0.4) is 0 Å². The number of carbonyl (C=O) groups is 1. The third kappa shape index (κ3) is 4.67. The van der Waals surface area contributed by atoms with E-state index in [4.69, 9.17) is 10.8 Å². The highest BCUT2D eigenvalue weighted by atomic mass is 16.4. The Morgan fingerprint density at radius 1 is 1.26 bits per heavy atom. The van der Waals surface area contributed by atoms with Crippen LogP contribution in [0.5, 0.6) is 0 Å². The van der Waals surface area contributed by atoms with Crippen molar-refractivity contribution in [2.24, 2.45) is 5.92 Å². The van der Waals surface area contributed by atoms with Crippen LogP contribution >= 0.6 is 0 Å². The number of hydrogen-bond donors (Lipinski definition) is 3. The SMILES string of the molecule is CCCCc1ccc(Nc2ncnc(N3CCC(C(=O)O)CC3)c2N)cc1. The molecule has 1 aliphatic rings. The van der Waals surface area contributed by atoms with E-state index in [1.807, 2.05) is 17.0 Å². The molecule has 1 aliphatic heterocycles. The lowest BCUT2D eigenvalue weighted by Crippen LogP contribution is -2.37. The Morgan fingerprint density at radius 3 is 2.59 bits per heavy atom. The molecule has 144 valence electrons. The van der Waals surface area contributed by atoms with E-state index in [-0.39, 0.29) is 5.92 Å². The zero-order valence-corrected chi connectivity index (χ0v) is 15.7. The molecular weight excluding hydrogens is 342 g/mol. The molecule has 2 heterocycles. The number of hydrogen-bond acceptors (Lipinski definition) is 6. The number of carboxylic acids is 1. The van der Waals surface area contributed by atoms with Crippen molar-refractivity contribution >= 4 is 29.0 Å². The number of rotatable bonds is 7. The van der Waals surface area contributed by atoms with Crippen molar-refractivity contribution in [2.45, 2.75) is 39.0 Å². The van der Waals surface area contributed by atoms with Crippen LogP contribution in [0.2, 0.25) is 0 Å². The van der Waals surface area contributed by atoms with Crippen molar-refractivity contribution in [3.05, 3.63) is 36.2 Å². The average molecular weight is 369 g/mol. The molecule has 0 unspecified atom stereocenters. The van der Waals surface area contributed by atoms with E-state index < -0.39 is 5.97 Å². The molecular formula is C20H27N5O2. The lowest BCUT2D eigenvalue weighted by Gasteiger charge is -2.31. The maximum absolute atomic E-state index is 11.1. The van der Waals surface area contributed by atoms with Crippen molar-refractivity contribution in [1.29, 1.82) is 0 Å². The summed E-state index contributed by atoms with van der Waals surface area (Å²) in [5.74, 6) is 0.223. The Kier molecular flexibility index (Phi) is 6.11. The number of nitrogens with zero attached hydrogens (tertiary/aromatic N) is 3. The number of carboxylic acid groups (broad SMARTS) is 1. The molecule has 7 nitrogen and oxygen atoms in total. The van der Waals surface area contributed by atoms with Gasteiger partial charge in [0.2, 0.25) is 0 Å². The van der Waals surface area contributed by atoms with Gasteiger partial charge in [-0.25, -0.2) is 9.97 Å². The highest BCUT2D eigenvalue weighted by molar-refractivity contribution is 5.78. The first-order valence-corrected chi connectivity index (χ1v) is 9.52. The number of anilines is 4. The van der Waals surface area contributed by atoms with Crippen molar-refractivity contribution in [1.82, 2.24) is 9.97 Å². The van der Waals surface area contributed by atoms with E-state index in [1.54, 1.807) is 0 Å². The highest BCUT2D eigenvalue weighted by Gasteiger charge is 2.26. The van der Waals surface area contributed by atoms with Crippen molar-refractivity contribution in [2.75, 3.05) is 29.0 Å². The van der Waals surface area contributed by atoms with Crippen LogP contribution in [-0.2, 0) is 11.2 Å². The molecule has 0 aliphatic carbocycles. The van der Waals surface area contributed by atoms with Crippen LogP contribution in [-0.4, -0.2) is 34.1 Å². The largest absolute Gasteiger partial charge is 0.481 e. The monoisotopic (exact) mass is 369 g/mol. The molecule has 0 saturated carbocycles. The number of benzene rings is 1. The molecule has 7 heteroatoms. The van der Waals surface area contributed by atoms with E-state index in [1.165, 1.54) is 24.7 Å². The first-order chi connectivity index (χ1) is 13.1. The van der Waals surface area contributed by atoms with Gasteiger partial charge in [-0.2, -0.15) is 0 Å². The van der Waals surface area contributed by atoms with Gasteiger partial charge in [0.05, 0.1) is 5.92 Å². The van der Waals surface area contributed by atoms with E-state index in [2.05, 4.69) is 34.3 Å². The number of nitrogens with two attached hydrogens (primary N) is 1. The van der Waals surface area contributed by atoms with Crippen molar-refractivity contribution in [3.63, 3.8) is 0 Å². The molecule has 0 radical (unpaired) electrons. The van der Waals surface area contributed by atoms with Crippen LogP contribution in [0.4, 0.5) is 23.0 Å². The van der Waals surface area contributed by atoms with E-state index in [0.717, 1.165) is 12.1 Å². The molecule has 4 N–H and O–H groups in total. The average Bonchev–Trinajstić information content (AvgIpc) is 2.69. The van der Waals surface area contributed by atoms with Gasteiger partial charge in [0.15, 0.2) is 11.6 Å². The maximum Gasteiger partial charge on any atom is 0.306 e. The topological polar surface area (TPSA) is 104 Å². The Bertz CT molecular complexity index is 770. The summed E-state index contributed by atoms with van der Waals surface area (Å²) >= 11 is 0. The van der Waals surface area contributed by atoms with Crippen LogP contribution in [0, 0.1) is 5.92 Å². The van der Waals surface area contributed by atoms with Crippen molar-refractivity contribution < 1.29 is 9.90 Å². The second-order valence-corrected chi connectivity index (χ2v) is 6.98. The van der Waals surface area contributed by atoms with E-state index in [9.17, 15) is 4.79 Å². The molecule has 1 saturated heterocycles. The molecule has 2 aromatic rings. The van der Waals surface area contributed by atoms with Gasteiger partial charge >= 0.3 is 5.97 Å². The number of aromatic nitrogens is 2. The minimum Gasteiger partial charge on any atom is -0.481 e. The number of unbranched alkanes of at least 4 members (excludes halogenated alkanes) is 1. The Labute approximate surface area is 159 Å². The fourth-order valence-electron chi connectivity index (χ4n) is 3.35. The second-order valence-electron chi connectivity index (χ2n) is 6.98. The number of aryl methyl sites for hydroxylation is 1. The summed E-state index contributed by atoms with van der Waals surface area (Å²) in [7, 11) is 0. The summed E-state index contributed by atoms with van der Waals surface area (Å²) < 4.78 is 0. The highest BCUT2D eigenvalue weighted by Crippen LogP contribution is 2.31. The summed E-state index contributed by atoms with van der Waals surface area (Å²) in [6, 6.07) is 8.30. The smallest absolute Gasteiger partial charge is 0.306 e. The van der Waals surface area contributed by atoms with Gasteiger partial charge in [-0.05, 0) is 43.4 Å². The van der Waals surface area contributed by atoms with Gasteiger partial charge < -0.3 is 21.1 Å². The third-order valence-corrected chi connectivity index (χ3v) is 5.04. The second kappa shape index (κ2) is 8.70. The third-order valence-electron chi connectivity index (χ3n) is 5.04. The van der Waals surface area contributed by atoms with Crippen LogP contribution in [0.1, 0.15) is 38.2 Å². The number of piperidine rings is 1. The predicted octanol–water partition coefficient (Wildman–Crippen LogP) is 3.45.